The van der Waals surface area contributed by atoms with Crippen LogP contribution >= 0.6 is 0 Å². The highest BCUT2D eigenvalue weighted by atomic mass is 32.2. The highest BCUT2D eigenvalue weighted by Gasteiger charge is 2.53. The maximum Gasteiger partial charge on any atom is 0.517 e. The fraction of sp³-hybridized carbons (Fsp3) is 0.279. The standard InChI is InChI=1S/C31H29F6N7O3S.C30H30F3N7O/c1-20-3-8-23(17-27(20)41-29-39-12-10-26(40-29)24-18-38-11-9-25(24)30(32,33)34)44(48(46,47)31(35,36)37)28(45)22-6-4-21(5-7-22)19-43-15-13-42(2)14-16-43;1-20-3-8-23(36-28(41)22-6-4-21(5-7-22)19-40-15-13-39(2)14-16-40)17-27(20)38-29-35-12-10-26(37-29)24-18-34-11-9-25(24)30(31,32)33/h3-12,17-18H,13-16,19H2,1-2H3,(H,39,40,41);3-12,17-18H,13-16,19H2,1-2H3,(H,36,41)(H,35,37,38). The molecule has 0 aliphatic carbocycles. The molecule has 18 nitrogen and oxygen atoms in total. The van der Waals surface area contributed by atoms with Crippen LogP contribution in [-0.2, 0) is 35.5 Å². The van der Waals surface area contributed by atoms with Gasteiger partial charge >= 0.3 is 27.9 Å². The molecule has 3 N–H and O–H groups in total. The zero-order valence-electron chi connectivity index (χ0n) is 48.3. The third-order valence-electron chi connectivity index (χ3n) is 14.7. The minimum absolute atomic E-state index is 0.00965. The molecular weight excluding hydrogens is 1200 g/mol. The van der Waals surface area contributed by atoms with E-state index in [0.29, 0.717) is 29.0 Å². The number of hydrogen-bond donors (Lipinski definition) is 3. The highest BCUT2D eigenvalue weighted by molar-refractivity contribution is 7.94. The maximum atomic E-state index is 13.9. The van der Waals surface area contributed by atoms with Crippen LogP contribution in [0.25, 0.3) is 22.5 Å². The number of likely N-dealkylation sites (N-methyl/N-ethyl adjacent to an activating group) is 2. The third kappa shape index (κ3) is 16.2. The summed E-state index contributed by atoms with van der Waals surface area (Å²) in [6, 6.07) is 26.2. The first kappa shape index (κ1) is 64.5. The molecule has 2 saturated heterocycles. The molecule has 8 aromatic rings. The average molecular weight is 1260 g/mol. The number of anilines is 6. The summed E-state index contributed by atoms with van der Waals surface area (Å²) in [4.78, 5) is 59.7. The Hall–Kier alpha value is -8.96. The van der Waals surface area contributed by atoms with Crippen molar-refractivity contribution in [3.05, 3.63) is 191 Å². The number of alkyl halides is 9. The van der Waals surface area contributed by atoms with Crippen molar-refractivity contribution in [3.63, 3.8) is 0 Å². The highest BCUT2D eigenvalue weighted by Crippen LogP contribution is 2.39. The fourth-order valence-electron chi connectivity index (χ4n) is 9.61. The summed E-state index contributed by atoms with van der Waals surface area (Å²) in [5, 5.41) is 8.68. The Morgan fingerprint density at radius 3 is 1.43 bits per heavy atom. The predicted octanol–water partition coefficient (Wildman–Crippen LogP) is 11.5. The lowest BCUT2D eigenvalue weighted by atomic mass is 10.1. The summed E-state index contributed by atoms with van der Waals surface area (Å²) in [5.74, 6) is -1.83. The van der Waals surface area contributed by atoms with E-state index in [-0.39, 0.29) is 55.9 Å². The fourth-order valence-corrected chi connectivity index (χ4v) is 10.5. The number of amides is 2. The van der Waals surface area contributed by atoms with Gasteiger partial charge in [-0.3, -0.25) is 29.4 Å². The predicted molar refractivity (Wildman–Crippen MR) is 318 cm³/mol. The largest absolute Gasteiger partial charge is 0.517 e. The minimum Gasteiger partial charge on any atom is -0.324 e. The molecule has 466 valence electrons. The molecule has 10 rings (SSSR count). The van der Waals surface area contributed by atoms with E-state index in [2.05, 4.69) is 72.5 Å². The summed E-state index contributed by atoms with van der Waals surface area (Å²) < 4.78 is 148. The molecule has 2 aliphatic heterocycles. The third-order valence-corrected chi connectivity index (χ3v) is 16.1. The van der Waals surface area contributed by atoms with Crippen LogP contribution in [0.1, 0.15) is 54.1 Å². The number of nitrogens with zero attached hydrogens (tertiary/aromatic N) is 11. The van der Waals surface area contributed by atoms with Crippen molar-refractivity contribution in [1.29, 1.82) is 0 Å². The molecule has 6 heterocycles. The lowest BCUT2D eigenvalue weighted by Crippen LogP contribution is -2.44. The van der Waals surface area contributed by atoms with Gasteiger partial charge in [-0.15, -0.1) is 0 Å². The zero-order chi connectivity index (χ0) is 63.8. The van der Waals surface area contributed by atoms with E-state index in [1.807, 2.05) is 44.3 Å². The summed E-state index contributed by atoms with van der Waals surface area (Å²) in [7, 11) is -2.10. The number of aromatic nitrogens is 6. The molecule has 0 spiro atoms. The number of benzene rings is 4. The average Bonchev–Trinajstić information content (AvgIpc) is 1.48. The van der Waals surface area contributed by atoms with Crippen molar-refractivity contribution in [2.45, 2.75) is 44.8 Å². The number of carbonyl (C=O) groups is 2. The van der Waals surface area contributed by atoms with E-state index in [1.54, 1.807) is 24.3 Å². The van der Waals surface area contributed by atoms with Crippen LogP contribution in [0.3, 0.4) is 0 Å². The first-order valence-electron chi connectivity index (χ1n) is 27.6. The van der Waals surface area contributed by atoms with Crippen LogP contribution < -0.4 is 20.3 Å². The topological polar surface area (TPSA) is 198 Å². The molecule has 0 saturated carbocycles. The number of carbonyl (C=O) groups excluding carboxylic acids is 2. The molecule has 0 atom stereocenters. The quantitative estimate of drug-likeness (QED) is 0.0819. The molecule has 0 radical (unpaired) electrons. The Morgan fingerprint density at radius 2 is 0.978 bits per heavy atom. The van der Waals surface area contributed by atoms with Crippen LogP contribution in [0.2, 0.25) is 0 Å². The molecule has 0 bridgehead atoms. The van der Waals surface area contributed by atoms with Crippen molar-refractivity contribution in [2.24, 2.45) is 0 Å². The molecule has 0 unspecified atom stereocenters. The number of halogens is 9. The zero-order valence-corrected chi connectivity index (χ0v) is 49.1. The molecule has 4 aromatic heterocycles. The first-order valence-corrected chi connectivity index (χ1v) is 29.1. The summed E-state index contributed by atoms with van der Waals surface area (Å²) >= 11 is 0. The van der Waals surface area contributed by atoms with E-state index in [9.17, 15) is 57.5 Å². The smallest absolute Gasteiger partial charge is 0.324 e. The van der Waals surface area contributed by atoms with E-state index >= 15 is 0 Å². The van der Waals surface area contributed by atoms with Gasteiger partial charge in [0.1, 0.15) is 0 Å². The molecular formula is C61H59F9N14O4S. The summed E-state index contributed by atoms with van der Waals surface area (Å²) in [5.41, 5.74) is -4.33. The van der Waals surface area contributed by atoms with Gasteiger partial charge in [-0.05, 0) is 123 Å². The Labute approximate surface area is 506 Å². The number of rotatable bonds is 15. The first-order chi connectivity index (χ1) is 42.2. The van der Waals surface area contributed by atoms with Gasteiger partial charge < -0.3 is 25.8 Å². The van der Waals surface area contributed by atoms with Gasteiger partial charge in [-0.2, -0.15) is 52.2 Å². The van der Waals surface area contributed by atoms with Crippen molar-refractivity contribution in [1.82, 2.24) is 49.5 Å². The van der Waals surface area contributed by atoms with Gasteiger partial charge in [0, 0.05) is 142 Å². The van der Waals surface area contributed by atoms with Gasteiger partial charge in [0.25, 0.3) is 11.8 Å². The van der Waals surface area contributed by atoms with E-state index < -0.39 is 50.6 Å². The van der Waals surface area contributed by atoms with Crippen molar-refractivity contribution < 1.29 is 57.5 Å². The van der Waals surface area contributed by atoms with E-state index in [4.69, 9.17) is 0 Å². The molecule has 89 heavy (non-hydrogen) atoms. The van der Waals surface area contributed by atoms with Crippen molar-refractivity contribution in [2.75, 3.05) is 86.7 Å². The number of nitrogens with one attached hydrogen (secondary N) is 3. The van der Waals surface area contributed by atoms with Gasteiger partial charge in [0.15, 0.2) is 0 Å². The van der Waals surface area contributed by atoms with Gasteiger partial charge in [0.2, 0.25) is 11.9 Å². The van der Waals surface area contributed by atoms with E-state index in [1.165, 1.54) is 43.5 Å². The Bertz CT molecular complexity index is 3920. The van der Waals surface area contributed by atoms with Gasteiger partial charge in [0.05, 0.1) is 28.2 Å². The SMILES string of the molecule is Cc1ccc(N(C(=O)c2ccc(CN3CCN(C)CC3)cc2)S(=O)(=O)C(F)(F)F)cc1Nc1nccc(-c2cnccc2C(F)(F)F)n1.Cc1ccc(NC(=O)c2ccc(CN3CCN(C)CC3)cc2)cc1Nc1nccc(-c2cnccc2C(F)(F)F)n1. The van der Waals surface area contributed by atoms with E-state index in [0.717, 1.165) is 131 Å². The molecule has 28 heteroatoms. The second kappa shape index (κ2) is 27.2. The van der Waals surface area contributed by atoms with Crippen molar-refractivity contribution in [3.8, 4) is 22.5 Å². The van der Waals surface area contributed by atoms with Gasteiger partial charge in [-0.1, -0.05) is 36.4 Å². The van der Waals surface area contributed by atoms with Crippen LogP contribution in [-0.4, -0.2) is 142 Å². The maximum absolute atomic E-state index is 13.9. The Kier molecular flexibility index (Phi) is 19.7. The Morgan fingerprint density at radius 1 is 0.539 bits per heavy atom. The normalized spacial score (nSPS) is 14.8. The lowest BCUT2D eigenvalue weighted by Gasteiger charge is -2.32. The molecule has 2 fully saturated rings. The second-order valence-corrected chi connectivity index (χ2v) is 23.0. The van der Waals surface area contributed by atoms with Crippen molar-refractivity contribution >= 4 is 56.5 Å². The van der Waals surface area contributed by atoms with Crippen LogP contribution in [0, 0.1) is 13.8 Å². The van der Waals surface area contributed by atoms with Gasteiger partial charge in [-0.25, -0.2) is 19.9 Å². The van der Waals surface area contributed by atoms with Crippen LogP contribution in [0.15, 0.2) is 146 Å². The summed E-state index contributed by atoms with van der Waals surface area (Å²) in [6.07, 6.45) is -2.54. The van der Waals surface area contributed by atoms with Crippen LogP contribution in [0.4, 0.5) is 74.2 Å². The molecule has 2 aliphatic rings. The van der Waals surface area contributed by atoms with Crippen LogP contribution in [0.5, 0.6) is 0 Å². The Balaban J connectivity index is 0.000000214. The number of piperazine rings is 2. The minimum atomic E-state index is -6.24. The number of pyridine rings is 2. The molecule has 2 amide bonds. The summed E-state index contributed by atoms with van der Waals surface area (Å²) in [6.45, 7) is 12.3. The lowest BCUT2D eigenvalue weighted by molar-refractivity contribution is -0.138. The number of aryl methyl sites for hydroxylation is 2. The second-order valence-electron chi connectivity index (χ2n) is 21.2. The monoisotopic (exact) mass is 1250 g/mol. The number of hydrogen-bond acceptors (Lipinski definition) is 16. The number of sulfonamides is 1. The molecule has 4 aromatic carbocycles.